The Morgan fingerprint density at radius 3 is 2.75 bits per heavy atom. The molecule has 3 rings (SSSR count). The van der Waals surface area contributed by atoms with E-state index in [-0.39, 0.29) is 17.4 Å². The summed E-state index contributed by atoms with van der Waals surface area (Å²) in [6.07, 6.45) is 4.52. The van der Waals surface area contributed by atoms with Crippen LogP contribution in [0.25, 0.3) is 0 Å². The van der Waals surface area contributed by atoms with Gasteiger partial charge in [-0.2, -0.15) is 0 Å². The first-order valence-electron chi connectivity index (χ1n) is 8.00. The minimum atomic E-state index is 0.0997. The highest BCUT2D eigenvalue weighted by Gasteiger charge is 2.38. The summed E-state index contributed by atoms with van der Waals surface area (Å²) in [6, 6.07) is 0.694. The van der Waals surface area contributed by atoms with E-state index >= 15 is 0 Å². The van der Waals surface area contributed by atoms with Crippen molar-refractivity contribution in [1.29, 1.82) is 0 Å². The number of hydrogen-bond donors (Lipinski definition) is 2. The zero-order valence-corrected chi connectivity index (χ0v) is 12.5. The van der Waals surface area contributed by atoms with Crippen molar-refractivity contribution in [2.75, 3.05) is 39.4 Å². The van der Waals surface area contributed by atoms with Gasteiger partial charge in [-0.3, -0.25) is 9.69 Å². The molecule has 3 heterocycles. The third-order valence-corrected chi connectivity index (χ3v) is 4.96. The van der Waals surface area contributed by atoms with E-state index in [1.54, 1.807) is 0 Å². The van der Waals surface area contributed by atoms with Gasteiger partial charge in [-0.15, -0.1) is 0 Å². The van der Waals surface area contributed by atoms with Crippen LogP contribution in [-0.4, -0.2) is 62.3 Å². The summed E-state index contributed by atoms with van der Waals surface area (Å²) in [5, 5.41) is 6.56. The van der Waals surface area contributed by atoms with E-state index in [9.17, 15) is 4.79 Å². The second kappa shape index (κ2) is 6.00. The molecule has 0 radical (unpaired) electrons. The highest BCUT2D eigenvalue weighted by atomic mass is 16.5. The van der Waals surface area contributed by atoms with Crippen LogP contribution in [0.4, 0.5) is 0 Å². The van der Waals surface area contributed by atoms with Gasteiger partial charge in [0.1, 0.15) is 0 Å². The average molecular weight is 281 g/mol. The number of rotatable bonds is 4. The average Bonchev–Trinajstić information content (AvgIpc) is 2.93. The Morgan fingerprint density at radius 2 is 2.10 bits per heavy atom. The van der Waals surface area contributed by atoms with Crippen molar-refractivity contribution in [1.82, 2.24) is 15.5 Å². The molecule has 3 saturated heterocycles. The van der Waals surface area contributed by atoms with Crippen molar-refractivity contribution < 1.29 is 9.53 Å². The third kappa shape index (κ3) is 3.00. The van der Waals surface area contributed by atoms with Crippen molar-refractivity contribution in [3.63, 3.8) is 0 Å². The molecular weight excluding hydrogens is 254 g/mol. The molecule has 2 N–H and O–H groups in total. The largest absolute Gasteiger partial charge is 0.380 e. The van der Waals surface area contributed by atoms with Gasteiger partial charge in [-0.05, 0) is 45.3 Å². The molecule has 1 amide bonds. The lowest BCUT2D eigenvalue weighted by atomic mass is 9.88. The summed E-state index contributed by atoms with van der Waals surface area (Å²) in [7, 11) is 0. The Morgan fingerprint density at radius 1 is 1.35 bits per heavy atom. The molecule has 0 saturated carbocycles. The molecule has 0 aromatic carbocycles. The van der Waals surface area contributed by atoms with E-state index < -0.39 is 0 Å². The number of piperidine rings is 1. The van der Waals surface area contributed by atoms with E-state index in [1.807, 2.05) is 0 Å². The first kappa shape index (κ1) is 14.3. The Labute approximate surface area is 121 Å². The number of carbonyl (C=O) groups is 1. The zero-order valence-electron chi connectivity index (χ0n) is 12.5. The summed E-state index contributed by atoms with van der Waals surface area (Å²) < 4.78 is 5.24. The van der Waals surface area contributed by atoms with Gasteiger partial charge in [-0.25, -0.2) is 0 Å². The van der Waals surface area contributed by atoms with Crippen LogP contribution in [0.3, 0.4) is 0 Å². The first-order valence-corrected chi connectivity index (χ1v) is 8.00. The standard InChI is InChI=1S/C15H27N3O2/c1-15(10-20-11-15)9-17-14(19)13-3-2-8-18(13)12-4-6-16-7-5-12/h12-13,16H,2-11H2,1H3,(H,17,19). The third-order valence-electron chi connectivity index (χ3n) is 4.96. The molecule has 0 aromatic heterocycles. The maximum atomic E-state index is 12.5. The van der Waals surface area contributed by atoms with Crippen LogP contribution in [0.5, 0.6) is 0 Å². The maximum Gasteiger partial charge on any atom is 0.237 e. The fraction of sp³-hybridized carbons (Fsp3) is 0.933. The van der Waals surface area contributed by atoms with Crippen LogP contribution in [0, 0.1) is 5.41 Å². The van der Waals surface area contributed by atoms with Gasteiger partial charge in [0, 0.05) is 18.0 Å². The second-order valence-electron chi connectivity index (χ2n) is 6.90. The van der Waals surface area contributed by atoms with Crippen molar-refractivity contribution in [2.45, 2.75) is 44.7 Å². The molecule has 3 fully saturated rings. The quantitative estimate of drug-likeness (QED) is 0.781. The van der Waals surface area contributed by atoms with Crippen LogP contribution >= 0.6 is 0 Å². The van der Waals surface area contributed by atoms with Gasteiger partial charge in [0.25, 0.3) is 0 Å². The lowest BCUT2D eigenvalue weighted by Crippen LogP contribution is -2.54. The van der Waals surface area contributed by atoms with Gasteiger partial charge >= 0.3 is 0 Å². The summed E-state index contributed by atoms with van der Waals surface area (Å²) in [5.41, 5.74) is 0.161. The maximum absolute atomic E-state index is 12.5. The molecule has 5 heteroatoms. The van der Waals surface area contributed by atoms with E-state index in [2.05, 4.69) is 22.5 Å². The fourth-order valence-electron chi connectivity index (χ4n) is 3.62. The predicted octanol–water partition coefficient (Wildman–Crippen LogP) is 0.356. The van der Waals surface area contributed by atoms with Crippen LogP contribution in [0.2, 0.25) is 0 Å². The highest BCUT2D eigenvalue weighted by molar-refractivity contribution is 5.82. The molecule has 3 aliphatic heterocycles. The van der Waals surface area contributed by atoms with E-state index in [1.165, 1.54) is 12.8 Å². The molecule has 0 bridgehead atoms. The Bertz CT molecular complexity index is 351. The van der Waals surface area contributed by atoms with Crippen LogP contribution in [0.15, 0.2) is 0 Å². The lowest BCUT2D eigenvalue weighted by molar-refractivity contribution is -0.131. The lowest BCUT2D eigenvalue weighted by Gasteiger charge is -2.39. The Balaban J connectivity index is 1.52. The monoisotopic (exact) mass is 281 g/mol. The van der Waals surface area contributed by atoms with Gasteiger partial charge in [-0.1, -0.05) is 6.92 Å². The molecular formula is C15H27N3O2. The molecule has 1 unspecified atom stereocenters. The number of nitrogens with zero attached hydrogens (tertiary/aromatic N) is 1. The molecule has 0 aromatic rings. The molecule has 3 aliphatic rings. The van der Waals surface area contributed by atoms with E-state index in [0.717, 1.165) is 52.2 Å². The summed E-state index contributed by atoms with van der Waals surface area (Å²) in [5.74, 6) is 0.231. The van der Waals surface area contributed by atoms with E-state index in [0.29, 0.717) is 6.04 Å². The molecule has 0 aliphatic carbocycles. The number of amides is 1. The SMILES string of the molecule is CC1(CNC(=O)C2CCCN2C2CCNCC2)COC1. The molecule has 5 nitrogen and oxygen atoms in total. The van der Waals surface area contributed by atoms with Crippen LogP contribution < -0.4 is 10.6 Å². The summed E-state index contributed by atoms with van der Waals surface area (Å²) in [6.45, 7) is 7.74. The van der Waals surface area contributed by atoms with E-state index in [4.69, 9.17) is 4.74 Å². The van der Waals surface area contributed by atoms with Gasteiger partial charge in [0.05, 0.1) is 19.3 Å². The molecule has 0 spiro atoms. The van der Waals surface area contributed by atoms with Crippen LogP contribution in [0.1, 0.15) is 32.6 Å². The zero-order chi connectivity index (χ0) is 14.0. The summed E-state index contributed by atoms with van der Waals surface area (Å²) in [4.78, 5) is 14.9. The smallest absolute Gasteiger partial charge is 0.237 e. The molecule has 1 atom stereocenters. The minimum absolute atomic E-state index is 0.0997. The van der Waals surface area contributed by atoms with Gasteiger partial charge < -0.3 is 15.4 Å². The molecule has 114 valence electrons. The Kier molecular flexibility index (Phi) is 4.29. The summed E-state index contributed by atoms with van der Waals surface area (Å²) >= 11 is 0. The fourth-order valence-corrected chi connectivity index (χ4v) is 3.62. The molecule has 20 heavy (non-hydrogen) atoms. The van der Waals surface area contributed by atoms with Crippen molar-refractivity contribution in [3.05, 3.63) is 0 Å². The van der Waals surface area contributed by atoms with Gasteiger partial charge in [0.2, 0.25) is 5.91 Å². The topological polar surface area (TPSA) is 53.6 Å². The Hall–Kier alpha value is -0.650. The first-order chi connectivity index (χ1) is 9.68. The van der Waals surface area contributed by atoms with Crippen molar-refractivity contribution in [3.8, 4) is 0 Å². The van der Waals surface area contributed by atoms with Crippen LogP contribution in [-0.2, 0) is 9.53 Å². The number of nitrogens with one attached hydrogen (secondary N) is 2. The number of ether oxygens (including phenoxy) is 1. The number of hydrogen-bond acceptors (Lipinski definition) is 4. The van der Waals surface area contributed by atoms with Gasteiger partial charge in [0.15, 0.2) is 0 Å². The predicted molar refractivity (Wildman–Crippen MR) is 77.6 cm³/mol. The van der Waals surface area contributed by atoms with Crippen molar-refractivity contribution >= 4 is 5.91 Å². The normalized spacial score (nSPS) is 30.9. The number of likely N-dealkylation sites (tertiary alicyclic amines) is 1. The van der Waals surface area contributed by atoms with Crippen molar-refractivity contribution in [2.24, 2.45) is 5.41 Å². The minimum Gasteiger partial charge on any atom is -0.380 e. The highest BCUT2D eigenvalue weighted by Crippen LogP contribution is 2.27. The number of carbonyl (C=O) groups excluding carboxylic acids is 1. The second-order valence-corrected chi connectivity index (χ2v) is 6.90.